The normalized spacial score (nSPS) is 11.2. The van der Waals surface area contributed by atoms with E-state index < -0.39 is 14.8 Å². The number of anilines is 2. The van der Waals surface area contributed by atoms with Gasteiger partial charge in [0.1, 0.15) is 16.2 Å². The summed E-state index contributed by atoms with van der Waals surface area (Å²) in [4.78, 5) is 19.7. The highest BCUT2D eigenvalue weighted by Gasteiger charge is 2.25. The monoisotopic (exact) mass is 303 g/mol. The van der Waals surface area contributed by atoms with Crippen molar-refractivity contribution in [2.45, 2.75) is 6.92 Å². The van der Waals surface area contributed by atoms with E-state index in [-0.39, 0.29) is 29.6 Å². The van der Waals surface area contributed by atoms with Crippen LogP contribution in [0.2, 0.25) is 0 Å². The van der Waals surface area contributed by atoms with Gasteiger partial charge in [0, 0.05) is 26.4 Å². The van der Waals surface area contributed by atoms with Crippen molar-refractivity contribution >= 4 is 27.2 Å². The first-order chi connectivity index (χ1) is 9.26. The highest BCUT2D eigenvalue weighted by Crippen LogP contribution is 2.30. The standard InChI is InChI=1S/C10H17N5O4S/c1-4-11-9-8(15(16)17)10(13-7-12-9)14(2)5-6-20(3,18)19/h7H,4-6H2,1-3H3,(H,11,12,13). The van der Waals surface area contributed by atoms with Gasteiger partial charge in [0.25, 0.3) is 0 Å². The summed E-state index contributed by atoms with van der Waals surface area (Å²) < 4.78 is 22.3. The second kappa shape index (κ2) is 6.46. The summed E-state index contributed by atoms with van der Waals surface area (Å²) in [6, 6.07) is 0. The number of nitro groups is 1. The van der Waals surface area contributed by atoms with E-state index in [1.165, 1.54) is 11.2 Å². The predicted molar refractivity (Wildman–Crippen MR) is 75.8 cm³/mol. The van der Waals surface area contributed by atoms with Gasteiger partial charge in [-0.1, -0.05) is 0 Å². The molecule has 0 aromatic carbocycles. The van der Waals surface area contributed by atoms with Crippen LogP contribution < -0.4 is 10.2 Å². The van der Waals surface area contributed by atoms with Crippen LogP contribution in [0.15, 0.2) is 6.33 Å². The van der Waals surface area contributed by atoms with E-state index in [9.17, 15) is 18.5 Å². The van der Waals surface area contributed by atoms with E-state index in [2.05, 4.69) is 15.3 Å². The van der Waals surface area contributed by atoms with Crippen molar-refractivity contribution in [2.24, 2.45) is 0 Å². The van der Waals surface area contributed by atoms with Gasteiger partial charge in [-0.3, -0.25) is 10.1 Å². The van der Waals surface area contributed by atoms with E-state index in [4.69, 9.17) is 0 Å². The molecule has 20 heavy (non-hydrogen) atoms. The maximum absolute atomic E-state index is 11.2. The molecule has 0 aliphatic heterocycles. The number of nitrogens with one attached hydrogen (secondary N) is 1. The minimum atomic E-state index is -3.15. The maximum atomic E-state index is 11.2. The Morgan fingerprint density at radius 2 is 2.10 bits per heavy atom. The zero-order valence-corrected chi connectivity index (χ0v) is 12.3. The van der Waals surface area contributed by atoms with E-state index in [1.807, 2.05) is 0 Å². The molecule has 0 aliphatic carbocycles. The van der Waals surface area contributed by atoms with Gasteiger partial charge in [0.05, 0.1) is 10.7 Å². The van der Waals surface area contributed by atoms with E-state index in [1.54, 1.807) is 14.0 Å². The second-order valence-electron chi connectivity index (χ2n) is 4.23. The van der Waals surface area contributed by atoms with Crippen molar-refractivity contribution in [1.82, 2.24) is 9.97 Å². The molecule has 9 nitrogen and oxygen atoms in total. The molecule has 1 aromatic rings. The molecule has 0 fully saturated rings. The fourth-order valence-corrected chi connectivity index (χ4v) is 2.13. The topological polar surface area (TPSA) is 118 Å². The summed E-state index contributed by atoms with van der Waals surface area (Å²) in [5.74, 6) is 0.0968. The minimum Gasteiger partial charge on any atom is -0.364 e. The number of nitrogens with zero attached hydrogens (tertiary/aromatic N) is 4. The summed E-state index contributed by atoms with van der Waals surface area (Å²) in [5.41, 5.74) is -0.259. The average molecular weight is 303 g/mol. The van der Waals surface area contributed by atoms with Gasteiger partial charge in [0.15, 0.2) is 0 Å². The van der Waals surface area contributed by atoms with Crippen molar-refractivity contribution in [3.8, 4) is 0 Å². The van der Waals surface area contributed by atoms with Gasteiger partial charge >= 0.3 is 5.69 Å². The Morgan fingerprint density at radius 3 is 2.60 bits per heavy atom. The molecule has 0 amide bonds. The van der Waals surface area contributed by atoms with Gasteiger partial charge in [-0.2, -0.15) is 0 Å². The maximum Gasteiger partial charge on any atom is 0.353 e. The predicted octanol–water partition coefficient (Wildman–Crippen LogP) is 0.297. The van der Waals surface area contributed by atoms with Crippen LogP contribution in [-0.4, -0.2) is 55.5 Å². The largest absolute Gasteiger partial charge is 0.364 e. The lowest BCUT2D eigenvalue weighted by Crippen LogP contribution is -2.26. The van der Waals surface area contributed by atoms with E-state index >= 15 is 0 Å². The fourth-order valence-electron chi connectivity index (χ4n) is 1.52. The van der Waals surface area contributed by atoms with Crippen molar-refractivity contribution < 1.29 is 13.3 Å². The summed E-state index contributed by atoms with van der Waals surface area (Å²) >= 11 is 0. The lowest BCUT2D eigenvalue weighted by atomic mass is 10.4. The molecule has 1 aromatic heterocycles. The molecule has 112 valence electrons. The second-order valence-corrected chi connectivity index (χ2v) is 6.49. The first-order valence-corrected chi connectivity index (χ1v) is 7.94. The molecule has 1 rings (SSSR count). The number of hydrogen-bond donors (Lipinski definition) is 1. The Hall–Kier alpha value is -1.97. The molecule has 1 heterocycles. The third-order valence-corrected chi connectivity index (χ3v) is 3.41. The fraction of sp³-hybridized carbons (Fsp3) is 0.600. The van der Waals surface area contributed by atoms with Crippen LogP contribution in [0.3, 0.4) is 0 Å². The van der Waals surface area contributed by atoms with Gasteiger partial charge in [-0.05, 0) is 6.92 Å². The highest BCUT2D eigenvalue weighted by molar-refractivity contribution is 7.90. The van der Waals surface area contributed by atoms with Crippen molar-refractivity contribution in [1.29, 1.82) is 0 Å². The van der Waals surface area contributed by atoms with Crippen LogP contribution in [0.25, 0.3) is 0 Å². The smallest absolute Gasteiger partial charge is 0.353 e. The molecule has 1 N–H and O–H groups in total. The summed E-state index contributed by atoms with van der Waals surface area (Å²) in [6.45, 7) is 2.38. The lowest BCUT2D eigenvalue weighted by Gasteiger charge is -2.18. The van der Waals surface area contributed by atoms with Crippen LogP contribution >= 0.6 is 0 Å². The molecule has 0 saturated heterocycles. The summed E-state index contributed by atoms with van der Waals surface area (Å²) in [6.07, 6.45) is 2.32. The number of hydrogen-bond acceptors (Lipinski definition) is 8. The van der Waals surface area contributed by atoms with Crippen LogP contribution in [-0.2, 0) is 9.84 Å². The van der Waals surface area contributed by atoms with Gasteiger partial charge in [-0.15, -0.1) is 0 Å². The molecular formula is C10H17N5O4S. The quantitative estimate of drug-likeness (QED) is 0.564. The first-order valence-electron chi connectivity index (χ1n) is 5.88. The number of sulfone groups is 1. The van der Waals surface area contributed by atoms with Crippen LogP contribution in [0.1, 0.15) is 6.92 Å². The van der Waals surface area contributed by atoms with Crippen molar-refractivity contribution in [3.05, 3.63) is 16.4 Å². The van der Waals surface area contributed by atoms with Crippen LogP contribution in [0.5, 0.6) is 0 Å². The SMILES string of the molecule is CCNc1ncnc(N(C)CCS(C)(=O)=O)c1[N+](=O)[O-]. The molecule has 0 unspecified atom stereocenters. The molecule has 10 heteroatoms. The van der Waals surface area contributed by atoms with Crippen LogP contribution in [0.4, 0.5) is 17.3 Å². The first kappa shape index (κ1) is 16.1. The lowest BCUT2D eigenvalue weighted by molar-refractivity contribution is -0.383. The van der Waals surface area contributed by atoms with Gasteiger partial charge < -0.3 is 10.2 Å². The summed E-state index contributed by atoms with van der Waals surface area (Å²) in [7, 11) is -1.60. The average Bonchev–Trinajstić information content (AvgIpc) is 2.35. The molecule has 0 saturated carbocycles. The van der Waals surface area contributed by atoms with Gasteiger partial charge in [0.2, 0.25) is 11.6 Å². The van der Waals surface area contributed by atoms with E-state index in [0.717, 1.165) is 6.26 Å². The Morgan fingerprint density at radius 1 is 1.45 bits per heavy atom. The van der Waals surface area contributed by atoms with Crippen molar-refractivity contribution in [3.63, 3.8) is 0 Å². The Balaban J connectivity index is 3.10. The Bertz CT molecular complexity index is 589. The molecular weight excluding hydrogens is 286 g/mol. The Kier molecular flexibility index (Phi) is 5.19. The van der Waals surface area contributed by atoms with Crippen molar-refractivity contribution in [2.75, 3.05) is 42.4 Å². The number of rotatable bonds is 7. The minimum absolute atomic E-state index is 0.0876. The molecule has 0 radical (unpaired) electrons. The molecule has 0 spiro atoms. The summed E-state index contributed by atoms with van der Waals surface area (Å²) in [5, 5.41) is 14.0. The molecule has 0 atom stereocenters. The zero-order valence-electron chi connectivity index (χ0n) is 11.5. The zero-order chi connectivity index (χ0) is 15.3. The number of aromatic nitrogens is 2. The third-order valence-electron chi connectivity index (χ3n) is 2.49. The third kappa shape index (κ3) is 4.30. The van der Waals surface area contributed by atoms with Crippen LogP contribution in [0, 0.1) is 10.1 Å². The molecule has 0 aliphatic rings. The van der Waals surface area contributed by atoms with E-state index in [0.29, 0.717) is 6.54 Å². The molecule has 0 bridgehead atoms. The highest BCUT2D eigenvalue weighted by atomic mass is 32.2. The Labute approximate surface area is 117 Å². The van der Waals surface area contributed by atoms with Gasteiger partial charge in [-0.25, -0.2) is 18.4 Å².